The predicted octanol–water partition coefficient (Wildman–Crippen LogP) is 1.91. The highest BCUT2D eigenvalue weighted by Gasteiger charge is 2.29. The van der Waals surface area contributed by atoms with E-state index in [0.717, 1.165) is 25.8 Å². The van der Waals surface area contributed by atoms with Crippen molar-refractivity contribution in [2.24, 2.45) is 23.5 Å². The molecule has 0 aromatic rings. The van der Waals surface area contributed by atoms with Gasteiger partial charge in [-0.05, 0) is 37.6 Å². The van der Waals surface area contributed by atoms with Crippen molar-refractivity contribution in [3.63, 3.8) is 0 Å². The summed E-state index contributed by atoms with van der Waals surface area (Å²) in [7, 11) is 0. The van der Waals surface area contributed by atoms with Crippen LogP contribution in [0.15, 0.2) is 0 Å². The lowest BCUT2D eigenvalue weighted by Crippen LogP contribution is -2.39. The summed E-state index contributed by atoms with van der Waals surface area (Å²) in [6, 6.07) is 0. The van der Waals surface area contributed by atoms with Gasteiger partial charge in [-0.1, -0.05) is 26.7 Å². The summed E-state index contributed by atoms with van der Waals surface area (Å²) in [5.41, 5.74) is 5.73. The van der Waals surface area contributed by atoms with Gasteiger partial charge in [0.05, 0.1) is 0 Å². The molecule has 16 heavy (non-hydrogen) atoms. The Balaban J connectivity index is 2.33. The summed E-state index contributed by atoms with van der Waals surface area (Å²) in [6.45, 7) is 5.82. The third-order valence-corrected chi connectivity index (χ3v) is 3.57. The van der Waals surface area contributed by atoms with Gasteiger partial charge < -0.3 is 11.1 Å². The highest BCUT2D eigenvalue weighted by molar-refractivity contribution is 5.79. The highest BCUT2D eigenvalue weighted by atomic mass is 16.1. The molecule has 1 aliphatic rings. The van der Waals surface area contributed by atoms with E-state index in [4.69, 9.17) is 5.73 Å². The molecular weight excluding hydrogens is 200 g/mol. The molecule has 0 radical (unpaired) electrons. The van der Waals surface area contributed by atoms with E-state index >= 15 is 0 Å². The lowest BCUT2D eigenvalue weighted by molar-refractivity contribution is -0.127. The molecule has 0 aromatic carbocycles. The first-order chi connectivity index (χ1) is 7.65. The smallest absolute Gasteiger partial charge is 0.223 e. The summed E-state index contributed by atoms with van der Waals surface area (Å²) < 4.78 is 0. The quantitative estimate of drug-likeness (QED) is 0.752. The lowest BCUT2D eigenvalue weighted by Gasteiger charge is -2.29. The van der Waals surface area contributed by atoms with E-state index in [1.165, 1.54) is 12.8 Å². The number of hydrogen-bond donors (Lipinski definition) is 2. The van der Waals surface area contributed by atoms with Crippen LogP contribution in [0.4, 0.5) is 0 Å². The fourth-order valence-corrected chi connectivity index (χ4v) is 2.45. The van der Waals surface area contributed by atoms with Crippen molar-refractivity contribution in [3.05, 3.63) is 0 Å². The van der Waals surface area contributed by atoms with Gasteiger partial charge in [-0.3, -0.25) is 4.79 Å². The Morgan fingerprint density at radius 1 is 1.38 bits per heavy atom. The minimum atomic E-state index is 0.172. The van der Waals surface area contributed by atoms with E-state index in [9.17, 15) is 4.79 Å². The first-order valence-electron chi connectivity index (χ1n) is 6.63. The average molecular weight is 226 g/mol. The monoisotopic (exact) mass is 226 g/mol. The Hall–Kier alpha value is -0.570. The van der Waals surface area contributed by atoms with Crippen LogP contribution >= 0.6 is 0 Å². The summed E-state index contributed by atoms with van der Waals surface area (Å²) in [5.74, 6) is 1.46. The van der Waals surface area contributed by atoms with Crippen molar-refractivity contribution in [2.75, 3.05) is 13.1 Å². The molecule has 94 valence electrons. The zero-order chi connectivity index (χ0) is 12.0. The van der Waals surface area contributed by atoms with Gasteiger partial charge in [-0.2, -0.15) is 0 Å². The standard InChI is InChI=1S/C13H26N2O/c1-10(2)7-8-15-13(16)12-6-4-3-5-11(12)9-14/h10-12H,3-9,14H2,1-2H3,(H,15,16). The van der Waals surface area contributed by atoms with E-state index in [0.29, 0.717) is 18.4 Å². The zero-order valence-corrected chi connectivity index (χ0v) is 10.7. The van der Waals surface area contributed by atoms with Crippen molar-refractivity contribution < 1.29 is 4.79 Å². The molecule has 1 amide bonds. The van der Waals surface area contributed by atoms with E-state index in [1.54, 1.807) is 0 Å². The van der Waals surface area contributed by atoms with Crippen molar-refractivity contribution in [1.29, 1.82) is 0 Å². The van der Waals surface area contributed by atoms with Gasteiger partial charge in [0.25, 0.3) is 0 Å². The number of nitrogens with two attached hydrogens (primary N) is 1. The van der Waals surface area contributed by atoms with Gasteiger partial charge in [0, 0.05) is 12.5 Å². The Morgan fingerprint density at radius 2 is 2.06 bits per heavy atom. The van der Waals surface area contributed by atoms with Gasteiger partial charge in [0.2, 0.25) is 5.91 Å². The summed E-state index contributed by atoms with van der Waals surface area (Å²) >= 11 is 0. The average Bonchev–Trinajstić information content (AvgIpc) is 2.28. The molecule has 0 aliphatic heterocycles. The summed E-state index contributed by atoms with van der Waals surface area (Å²) in [5, 5.41) is 3.05. The molecule has 1 rings (SSSR count). The van der Waals surface area contributed by atoms with Gasteiger partial charge in [-0.15, -0.1) is 0 Å². The molecule has 0 bridgehead atoms. The Bertz CT molecular complexity index is 216. The number of amides is 1. The molecule has 1 saturated carbocycles. The van der Waals surface area contributed by atoms with Crippen LogP contribution in [0.3, 0.4) is 0 Å². The molecule has 0 heterocycles. The summed E-state index contributed by atoms with van der Waals surface area (Å²) in [4.78, 5) is 12.0. The van der Waals surface area contributed by atoms with Crippen LogP contribution in [0, 0.1) is 17.8 Å². The minimum absolute atomic E-state index is 0.172. The number of hydrogen-bond acceptors (Lipinski definition) is 2. The molecule has 0 spiro atoms. The molecule has 0 saturated heterocycles. The molecular formula is C13H26N2O. The topological polar surface area (TPSA) is 55.1 Å². The van der Waals surface area contributed by atoms with E-state index in [1.807, 2.05) is 0 Å². The predicted molar refractivity (Wildman–Crippen MR) is 67.0 cm³/mol. The molecule has 0 aromatic heterocycles. The van der Waals surface area contributed by atoms with Crippen molar-refractivity contribution in [2.45, 2.75) is 46.0 Å². The van der Waals surface area contributed by atoms with E-state index in [2.05, 4.69) is 19.2 Å². The van der Waals surface area contributed by atoms with Crippen LogP contribution in [0.1, 0.15) is 46.0 Å². The first kappa shape index (κ1) is 13.5. The molecule has 3 nitrogen and oxygen atoms in total. The second-order valence-corrected chi connectivity index (χ2v) is 5.36. The maximum absolute atomic E-state index is 12.0. The fraction of sp³-hybridized carbons (Fsp3) is 0.923. The van der Waals surface area contributed by atoms with Crippen LogP contribution in [0.5, 0.6) is 0 Å². The zero-order valence-electron chi connectivity index (χ0n) is 10.7. The maximum Gasteiger partial charge on any atom is 0.223 e. The maximum atomic E-state index is 12.0. The van der Waals surface area contributed by atoms with Crippen LogP contribution < -0.4 is 11.1 Å². The van der Waals surface area contributed by atoms with Crippen molar-refractivity contribution >= 4 is 5.91 Å². The van der Waals surface area contributed by atoms with Crippen LogP contribution in [0.25, 0.3) is 0 Å². The van der Waals surface area contributed by atoms with Crippen molar-refractivity contribution in [3.8, 4) is 0 Å². The number of rotatable bonds is 5. The third-order valence-electron chi connectivity index (χ3n) is 3.57. The molecule has 1 aliphatic carbocycles. The van der Waals surface area contributed by atoms with E-state index < -0.39 is 0 Å². The van der Waals surface area contributed by atoms with Gasteiger partial charge >= 0.3 is 0 Å². The van der Waals surface area contributed by atoms with Crippen LogP contribution in [0.2, 0.25) is 0 Å². The largest absolute Gasteiger partial charge is 0.356 e. The lowest BCUT2D eigenvalue weighted by atomic mass is 9.79. The normalized spacial score (nSPS) is 25.8. The number of carbonyl (C=O) groups excluding carboxylic acids is 1. The van der Waals surface area contributed by atoms with Gasteiger partial charge in [-0.25, -0.2) is 0 Å². The minimum Gasteiger partial charge on any atom is -0.356 e. The van der Waals surface area contributed by atoms with E-state index in [-0.39, 0.29) is 11.8 Å². The second-order valence-electron chi connectivity index (χ2n) is 5.36. The third kappa shape index (κ3) is 4.12. The number of nitrogens with one attached hydrogen (secondary N) is 1. The SMILES string of the molecule is CC(C)CCNC(=O)C1CCCCC1CN. The number of carbonyl (C=O) groups is 1. The van der Waals surface area contributed by atoms with Crippen molar-refractivity contribution in [1.82, 2.24) is 5.32 Å². The molecule has 2 unspecified atom stereocenters. The molecule has 3 heteroatoms. The molecule has 3 N–H and O–H groups in total. The van der Waals surface area contributed by atoms with Gasteiger partial charge in [0.1, 0.15) is 0 Å². The molecule has 1 fully saturated rings. The summed E-state index contributed by atoms with van der Waals surface area (Å²) in [6.07, 6.45) is 5.62. The highest BCUT2D eigenvalue weighted by Crippen LogP contribution is 2.29. The Labute approximate surface area is 99.2 Å². The first-order valence-corrected chi connectivity index (χ1v) is 6.63. The Kier molecular flexibility index (Phi) is 5.81. The Morgan fingerprint density at radius 3 is 2.69 bits per heavy atom. The van der Waals surface area contributed by atoms with Gasteiger partial charge in [0.15, 0.2) is 0 Å². The second kappa shape index (κ2) is 6.89. The van der Waals surface area contributed by atoms with Crippen LogP contribution in [-0.4, -0.2) is 19.0 Å². The fourth-order valence-electron chi connectivity index (χ4n) is 2.45. The van der Waals surface area contributed by atoms with Crippen LogP contribution in [-0.2, 0) is 4.79 Å². The molecule has 2 atom stereocenters.